The number of benzene rings is 2. The highest BCUT2D eigenvalue weighted by atomic mass is 19.4. The molecule has 2 aromatic carbocycles. The SMILES string of the molecule is O=C(Cn1c(C(F)(F)F)nc2ccccc21)Nc1ccccc1N1CCOCC1. The minimum absolute atomic E-state index is 0.196. The van der Waals surface area contributed by atoms with Gasteiger partial charge in [0.2, 0.25) is 11.7 Å². The third-order valence-electron chi connectivity index (χ3n) is 4.74. The minimum atomic E-state index is -4.66. The number of imidazole rings is 1. The first-order valence-corrected chi connectivity index (χ1v) is 9.17. The van der Waals surface area contributed by atoms with Crippen LogP contribution in [-0.4, -0.2) is 41.8 Å². The first-order valence-electron chi connectivity index (χ1n) is 9.17. The molecule has 0 unspecified atom stereocenters. The first kappa shape index (κ1) is 19.3. The van der Waals surface area contributed by atoms with Gasteiger partial charge in [0.25, 0.3) is 0 Å². The Hall–Kier alpha value is -3.07. The van der Waals surface area contributed by atoms with E-state index in [9.17, 15) is 18.0 Å². The molecular weight excluding hydrogens is 385 g/mol. The van der Waals surface area contributed by atoms with E-state index >= 15 is 0 Å². The third-order valence-corrected chi connectivity index (χ3v) is 4.74. The molecule has 0 saturated carbocycles. The van der Waals surface area contributed by atoms with Crippen molar-refractivity contribution in [2.24, 2.45) is 0 Å². The van der Waals surface area contributed by atoms with Gasteiger partial charge in [0.15, 0.2) is 0 Å². The molecule has 1 aromatic heterocycles. The fourth-order valence-corrected chi connectivity index (χ4v) is 3.44. The van der Waals surface area contributed by atoms with E-state index in [4.69, 9.17) is 4.74 Å². The molecule has 29 heavy (non-hydrogen) atoms. The van der Waals surface area contributed by atoms with Crippen LogP contribution < -0.4 is 10.2 Å². The normalized spacial score (nSPS) is 14.9. The highest BCUT2D eigenvalue weighted by molar-refractivity contribution is 5.95. The number of amides is 1. The zero-order valence-electron chi connectivity index (χ0n) is 15.4. The second kappa shape index (κ2) is 7.75. The van der Waals surface area contributed by atoms with Crippen molar-refractivity contribution >= 4 is 28.3 Å². The lowest BCUT2D eigenvalue weighted by atomic mass is 10.2. The molecule has 1 N–H and O–H groups in total. The quantitative estimate of drug-likeness (QED) is 0.723. The summed E-state index contributed by atoms with van der Waals surface area (Å²) in [7, 11) is 0. The number of aromatic nitrogens is 2. The number of alkyl halides is 3. The van der Waals surface area contributed by atoms with Crippen LogP contribution in [0.3, 0.4) is 0 Å². The van der Waals surface area contributed by atoms with Gasteiger partial charge in [0.05, 0.1) is 35.6 Å². The molecule has 1 aliphatic heterocycles. The van der Waals surface area contributed by atoms with Gasteiger partial charge in [0, 0.05) is 13.1 Å². The van der Waals surface area contributed by atoms with Crippen molar-refractivity contribution in [3.63, 3.8) is 0 Å². The maximum absolute atomic E-state index is 13.4. The monoisotopic (exact) mass is 404 g/mol. The highest BCUT2D eigenvalue weighted by Gasteiger charge is 2.38. The fraction of sp³-hybridized carbons (Fsp3) is 0.300. The summed E-state index contributed by atoms with van der Waals surface area (Å²) in [6, 6.07) is 13.5. The number of rotatable bonds is 4. The molecule has 1 amide bonds. The summed E-state index contributed by atoms with van der Waals surface area (Å²) in [5, 5.41) is 2.75. The molecule has 1 aliphatic rings. The number of carbonyl (C=O) groups is 1. The van der Waals surface area contributed by atoms with Crippen LogP contribution in [0.15, 0.2) is 48.5 Å². The van der Waals surface area contributed by atoms with Gasteiger partial charge in [-0.3, -0.25) is 4.79 Å². The number of hydrogen-bond donors (Lipinski definition) is 1. The predicted molar refractivity (Wildman–Crippen MR) is 103 cm³/mol. The van der Waals surface area contributed by atoms with Gasteiger partial charge < -0.3 is 19.5 Å². The van der Waals surface area contributed by atoms with E-state index in [1.54, 1.807) is 24.3 Å². The van der Waals surface area contributed by atoms with E-state index in [1.807, 2.05) is 12.1 Å². The molecule has 9 heteroatoms. The van der Waals surface area contributed by atoms with E-state index in [0.29, 0.717) is 32.0 Å². The Bertz CT molecular complexity index is 1030. The second-order valence-corrected chi connectivity index (χ2v) is 6.67. The topological polar surface area (TPSA) is 59.4 Å². The number of halogens is 3. The summed E-state index contributed by atoms with van der Waals surface area (Å²) in [4.78, 5) is 18.4. The van der Waals surface area contributed by atoms with Crippen LogP contribution >= 0.6 is 0 Å². The van der Waals surface area contributed by atoms with Crippen LogP contribution in [0.25, 0.3) is 11.0 Å². The summed E-state index contributed by atoms with van der Waals surface area (Å²) >= 11 is 0. The molecule has 1 fully saturated rings. The lowest BCUT2D eigenvalue weighted by Gasteiger charge is -2.30. The van der Waals surface area contributed by atoms with Gasteiger partial charge >= 0.3 is 6.18 Å². The van der Waals surface area contributed by atoms with E-state index in [0.717, 1.165) is 10.3 Å². The maximum Gasteiger partial charge on any atom is 0.449 e. The number of ether oxygens (including phenoxy) is 1. The van der Waals surface area contributed by atoms with Crippen LogP contribution in [0.1, 0.15) is 5.82 Å². The highest BCUT2D eigenvalue weighted by Crippen LogP contribution is 2.32. The summed E-state index contributed by atoms with van der Waals surface area (Å²) in [6.45, 7) is 2.03. The zero-order valence-corrected chi connectivity index (χ0v) is 15.4. The summed E-state index contributed by atoms with van der Waals surface area (Å²) in [6.07, 6.45) is -4.66. The lowest BCUT2D eigenvalue weighted by molar-refractivity contribution is -0.147. The number of hydrogen-bond acceptors (Lipinski definition) is 4. The molecule has 3 aromatic rings. The maximum atomic E-state index is 13.4. The van der Waals surface area contributed by atoms with Crippen molar-refractivity contribution < 1.29 is 22.7 Å². The molecule has 2 heterocycles. The Labute approximate surface area is 164 Å². The Balaban J connectivity index is 1.60. The van der Waals surface area contributed by atoms with E-state index in [2.05, 4.69) is 15.2 Å². The minimum Gasteiger partial charge on any atom is -0.378 e. The number of para-hydroxylation sites is 4. The summed E-state index contributed by atoms with van der Waals surface area (Å²) < 4.78 is 46.6. The van der Waals surface area contributed by atoms with E-state index in [-0.39, 0.29) is 11.0 Å². The number of fused-ring (bicyclic) bond motifs is 1. The van der Waals surface area contributed by atoms with Gasteiger partial charge in [-0.15, -0.1) is 0 Å². The Morgan fingerprint density at radius 2 is 1.76 bits per heavy atom. The Morgan fingerprint density at radius 3 is 2.52 bits per heavy atom. The summed E-state index contributed by atoms with van der Waals surface area (Å²) in [5.74, 6) is -1.64. The largest absolute Gasteiger partial charge is 0.449 e. The molecule has 0 spiro atoms. The van der Waals surface area contributed by atoms with Gasteiger partial charge in [0.1, 0.15) is 6.54 Å². The fourth-order valence-electron chi connectivity index (χ4n) is 3.44. The van der Waals surface area contributed by atoms with Crippen molar-refractivity contribution in [3.8, 4) is 0 Å². The van der Waals surface area contributed by atoms with Crippen molar-refractivity contribution in [3.05, 3.63) is 54.4 Å². The predicted octanol–water partition coefficient (Wildman–Crippen LogP) is 3.53. The van der Waals surface area contributed by atoms with E-state index in [1.165, 1.54) is 12.1 Å². The molecule has 4 rings (SSSR count). The number of carbonyl (C=O) groups excluding carboxylic acids is 1. The third kappa shape index (κ3) is 4.04. The number of morpholine rings is 1. The smallest absolute Gasteiger partial charge is 0.378 e. The zero-order chi connectivity index (χ0) is 20.4. The van der Waals surface area contributed by atoms with Crippen molar-refractivity contribution in [1.29, 1.82) is 0 Å². The summed E-state index contributed by atoms with van der Waals surface area (Å²) in [5.41, 5.74) is 1.82. The van der Waals surface area contributed by atoms with Crippen molar-refractivity contribution in [2.75, 3.05) is 36.5 Å². The van der Waals surface area contributed by atoms with Gasteiger partial charge in [-0.25, -0.2) is 4.98 Å². The molecule has 0 aliphatic carbocycles. The van der Waals surface area contributed by atoms with Crippen LogP contribution in [0.5, 0.6) is 0 Å². The van der Waals surface area contributed by atoms with E-state index < -0.39 is 24.5 Å². The lowest BCUT2D eigenvalue weighted by Crippen LogP contribution is -2.36. The average Bonchev–Trinajstić information content (AvgIpc) is 3.08. The van der Waals surface area contributed by atoms with Gasteiger partial charge in [-0.05, 0) is 24.3 Å². The van der Waals surface area contributed by atoms with Crippen LogP contribution in [0.4, 0.5) is 24.5 Å². The van der Waals surface area contributed by atoms with Crippen LogP contribution in [-0.2, 0) is 22.3 Å². The molecular formula is C20H19F3N4O2. The van der Waals surface area contributed by atoms with Gasteiger partial charge in [-0.1, -0.05) is 24.3 Å². The van der Waals surface area contributed by atoms with Crippen molar-refractivity contribution in [2.45, 2.75) is 12.7 Å². The van der Waals surface area contributed by atoms with Crippen LogP contribution in [0.2, 0.25) is 0 Å². The Morgan fingerprint density at radius 1 is 1.07 bits per heavy atom. The first-order chi connectivity index (χ1) is 13.9. The molecule has 0 atom stereocenters. The average molecular weight is 404 g/mol. The van der Waals surface area contributed by atoms with Crippen molar-refractivity contribution in [1.82, 2.24) is 9.55 Å². The molecule has 6 nitrogen and oxygen atoms in total. The molecule has 152 valence electrons. The number of nitrogens with one attached hydrogen (secondary N) is 1. The standard InChI is InChI=1S/C20H19F3N4O2/c21-20(22,23)19-25-15-6-2-4-8-17(15)27(19)13-18(28)24-14-5-1-3-7-16(14)26-9-11-29-12-10-26/h1-8H,9-13H2,(H,24,28). The number of nitrogens with zero attached hydrogens (tertiary/aromatic N) is 3. The molecule has 1 saturated heterocycles. The second-order valence-electron chi connectivity index (χ2n) is 6.67. The number of anilines is 2. The molecule has 0 radical (unpaired) electrons. The Kier molecular flexibility index (Phi) is 5.14. The molecule has 0 bridgehead atoms. The van der Waals surface area contributed by atoms with Crippen LogP contribution in [0, 0.1) is 0 Å². The van der Waals surface area contributed by atoms with Gasteiger partial charge in [-0.2, -0.15) is 13.2 Å².